The summed E-state index contributed by atoms with van der Waals surface area (Å²) in [6.45, 7) is 3.38. The SMILES string of the molecule is CN1CCN(c2ccc([N+](=O)[O-])cc2NC(=O)c2cccnc2)CC1. The van der Waals surface area contributed by atoms with E-state index in [4.69, 9.17) is 0 Å². The molecule has 3 rings (SSSR count). The average Bonchev–Trinajstić information content (AvgIpc) is 2.63. The van der Waals surface area contributed by atoms with Crippen molar-refractivity contribution in [1.82, 2.24) is 9.88 Å². The lowest BCUT2D eigenvalue weighted by Gasteiger charge is -2.35. The topological polar surface area (TPSA) is 91.6 Å². The highest BCUT2D eigenvalue weighted by molar-refractivity contribution is 6.06. The van der Waals surface area contributed by atoms with Gasteiger partial charge in [0, 0.05) is 50.7 Å². The summed E-state index contributed by atoms with van der Waals surface area (Å²) in [4.78, 5) is 31.3. The fraction of sp³-hybridized carbons (Fsp3) is 0.294. The van der Waals surface area contributed by atoms with Crippen LogP contribution in [0, 0.1) is 10.1 Å². The van der Waals surface area contributed by atoms with Crippen molar-refractivity contribution >= 4 is 23.0 Å². The van der Waals surface area contributed by atoms with Crippen LogP contribution in [0.25, 0.3) is 0 Å². The summed E-state index contributed by atoms with van der Waals surface area (Å²) in [7, 11) is 2.05. The molecule has 0 bridgehead atoms. The van der Waals surface area contributed by atoms with Gasteiger partial charge in [-0.3, -0.25) is 19.9 Å². The first-order valence-corrected chi connectivity index (χ1v) is 7.98. The Balaban J connectivity index is 1.90. The second-order valence-electron chi connectivity index (χ2n) is 5.94. The lowest BCUT2D eigenvalue weighted by molar-refractivity contribution is -0.384. The summed E-state index contributed by atoms with van der Waals surface area (Å²) in [5, 5.41) is 13.9. The van der Waals surface area contributed by atoms with E-state index in [-0.39, 0.29) is 11.6 Å². The Morgan fingerprint density at radius 2 is 2.00 bits per heavy atom. The third-order valence-corrected chi connectivity index (χ3v) is 4.21. The zero-order valence-corrected chi connectivity index (χ0v) is 13.9. The quantitative estimate of drug-likeness (QED) is 0.675. The highest BCUT2D eigenvalue weighted by atomic mass is 16.6. The molecule has 1 aromatic carbocycles. The molecule has 2 heterocycles. The highest BCUT2D eigenvalue weighted by Crippen LogP contribution is 2.31. The summed E-state index contributed by atoms with van der Waals surface area (Å²) >= 11 is 0. The van der Waals surface area contributed by atoms with Crippen LogP contribution >= 0.6 is 0 Å². The molecule has 1 fully saturated rings. The van der Waals surface area contributed by atoms with Gasteiger partial charge in [0.1, 0.15) is 0 Å². The minimum Gasteiger partial charge on any atom is -0.367 e. The van der Waals surface area contributed by atoms with Crippen molar-refractivity contribution in [2.75, 3.05) is 43.4 Å². The van der Waals surface area contributed by atoms with Crippen LogP contribution < -0.4 is 10.2 Å². The molecule has 8 nitrogen and oxygen atoms in total. The number of hydrogen-bond donors (Lipinski definition) is 1. The molecule has 1 saturated heterocycles. The Hall–Kier alpha value is -3.00. The summed E-state index contributed by atoms with van der Waals surface area (Å²) in [5.41, 5.74) is 1.57. The fourth-order valence-corrected chi connectivity index (χ4v) is 2.75. The number of nitro benzene ring substituents is 1. The minimum absolute atomic E-state index is 0.0561. The second kappa shape index (κ2) is 7.27. The van der Waals surface area contributed by atoms with Crippen molar-refractivity contribution in [3.05, 3.63) is 58.4 Å². The van der Waals surface area contributed by atoms with E-state index in [1.807, 2.05) is 0 Å². The molecule has 0 radical (unpaired) electrons. The van der Waals surface area contributed by atoms with Crippen molar-refractivity contribution < 1.29 is 9.72 Å². The first kappa shape index (κ1) is 16.8. The van der Waals surface area contributed by atoms with Gasteiger partial charge in [0.05, 0.1) is 21.9 Å². The first-order chi connectivity index (χ1) is 12.0. The molecule has 0 unspecified atom stereocenters. The molecular formula is C17H19N5O3. The number of benzene rings is 1. The van der Waals surface area contributed by atoms with Crippen LogP contribution in [0.1, 0.15) is 10.4 Å². The number of likely N-dealkylation sites (N-methyl/N-ethyl adjacent to an activating group) is 1. The van der Waals surface area contributed by atoms with Crippen LogP contribution in [0.15, 0.2) is 42.7 Å². The molecule has 1 N–H and O–H groups in total. The van der Waals surface area contributed by atoms with Gasteiger partial charge in [-0.15, -0.1) is 0 Å². The van der Waals surface area contributed by atoms with Crippen LogP contribution in [0.3, 0.4) is 0 Å². The molecule has 1 aromatic heterocycles. The van der Waals surface area contributed by atoms with Gasteiger partial charge in [-0.25, -0.2) is 0 Å². The van der Waals surface area contributed by atoms with E-state index >= 15 is 0 Å². The maximum absolute atomic E-state index is 12.4. The minimum atomic E-state index is -0.465. The Kier molecular flexibility index (Phi) is 4.90. The lowest BCUT2D eigenvalue weighted by Crippen LogP contribution is -2.44. The van der Waals surface area contributed by atoms with E-state index in [2.05, 4.69) is 27.1 Å². The summed E-state index contributed by atoms with van der Waals surface area (Å²) in [6.07, 6.45) is 3.04. The summed E-state index contributed by atoms with van der Waals surface area (Å²) < 4.78 is 0. The van der Waals surface area contributed by atoms with Crippen molar-refractivity contribution in [3.8, 4) is 0 Å². The molecular weight excluding hydrogens is 322 g/mol. The predicted octanol–water partition coefficient (Wildman–Crippen LogP) is 1.99. The first-order valence-electron chi connectivity index (χ1n) is 7.98. The molecule has 0 saturated carbocycles. The van der Waals surface area contributed by atoms with Gasteiger partial charge in [0.25, 0.3) is 11.6 Å². The number of pyridine rings is 1. The van der Waals surface area contributed by atoms with E-state index in [1.54, 1.807) is 24.4 Å². The molecule has 25 heavy (non-hydrogen) atoms. The molecule has 2 aromatic rings. The number of amides is 1. The maximum atomic E-state index is 12.4. The van der Waals surface area contributed by atoms with E-state index < -0.39 is 4.92 Å². The van der Waals surface area contributed by atoms with E-state index in [1.165, 1.54) is 18.3 Å². The highest BCUT2D eigenvalue weighted by Gasteiger charge is 2.21. The Bertz CT molecular complexity index is 773. The third kappa shape index (κ3) is 3.92. The number of non-ortho nitro benzene ring substituents is 1. The second-order valence-corrected chi connectivity index (χ2v) is 5.94. The number of hydrogen-bond acceptors (Lipinski definition) is 6. The number of carbonyl (C=O) groups is 1. The molecule has 1 aliphatic heterocycles. The number of nitrogens with one attached hydrogen (secondary N) is 1. The van der Waals surface area contributed by atoms with Gasteiger partial charge >= 0.3 is 0 Å². The molecule has 1 aliphatic rings. The number of anilines is 2. The molecule has 1 amide bonds. The molecule has 0 aliphatic carbocycles. The average molecular weight is 341 g/mol. The molecule has 0 spiro atoms. The monoisotopic (exact) mass is 341 g/mol. The van der Waals surface area contributed by atoms with Crippen LogP contribution in [0.5, 0.6) is 0 Å². The van der Waals surface area contributed by atoms with Crippen molar-refractivity contribution in [3.63, 3.8) is 0 Å². The molecule has 0 atom stereocenters. The van der Waals surface area contributed by atoms with Gasteiger partial charge in [0.15, 0.2) is 0 Å². The normalized spacial score (nSPS) is 15.0. The number of nitro groups is 1. The van der Waals surface area contributed by atoms with E-state index in [0.717, 1.165) is 31.9 Å². The zero-order chi connectivity index (χ0) is 17.8. The standard InChI is InChI=1S/C17H19N5O3/c1-20-7-9-21(10-8-20)16-5-4-14(22(24)25)11-15(16)19-17(23)13-3-2-6-18-12-13/h2-6,11-12H,7-10H2,1H3,(H,19,23). The summed E-state index contributed by atoms with van der Waals surface area (Å²) in [5.74, 6) is -0.344. The molecule has 8 heteroatoms. The van der Waals surface area contributed by atoms with Crippen LogP contribution in [0.4, 0.5) is 17.1 Å². The van der Waals surface area contributed by atoms with Crippen LogP contribution in [0.2, 0.25) is 0 Å². The van der Waals surface area contributed by atoms with E-state index in [0.29, 0.717) is 11.3 Å². The van der Waals surface area contributed by atoms with Gasteiger partial charge < -0.3 is 15.1 Å². The van der Waals surface area contributed by atoms with Gasteiger partial charge in [-0.1, -0.05) is 0 Å². The van der Waals surface area contributed by atoms with Gasteiger partial charge in [-0.2, -0.15) is 0 Å². The number of piperazine rings is 1. The maximum Gasteiger partial charge on any atom is 0.271 e. The number of nitrogens with zero attached hydrogens (tertiary/aromatic N) is 4. The molecule has 130 valence electrons. The third-order valence-electron chi connectivity index (χ3n) is 4.21. The largest absolute Gasteiger partial charge is 0.367 e. The van der Waals surface area contributed by atoms with Crippen LogP contribution in [-0.2, 0) is 0 Å². The summed E-state index contributed by atoms with van der Waals surface area (Å²) in [6, 6.07) is 7.89. The van der Waals surface area contributed by atoms with Gasteiger partial charge in [0.2, 0.25) is 0 Å². The number of carbonyl (C=O) groups excluding carboxylic acids is 1. The van der Waals surface area contributed by atoms with E-state index in [9.17, 15) is 14.9 Å². The Morgan fingerprint density at radius 1 is 1.24 bits per heavy atom. The van der Waals surface area contributed by atoms with Crippen molar-refractivity contribution in [2.24, 2.45) is 0 Å². The zero-order valence-electron chi connectivity index (χ0n) is 13.9. The number of aromatic nitrogens is 1. The smallest absolute Gasteiger partial charge is 0.271 e. The Morgan fingerprint density at radius 3 is 2.64 bits per heavy atom. The van der Waals surface area contributed by atoms with Crippen molar-refractivity contribution in [2.45, 2.75) is 0 Å². The van der Waals surface area contributed by atoms with Crippen LogP contribution in [-0.4, -0.2) is 53.9 Å². The fourth-order valence-electron chi connectivity index (χ4n) is 2.75. The van der Waals surface area contributed by atoms with Gasteiger partial charge in [-0.05, 0) is 25.2 Å². The predicted molar refractivity (Wildman–Crippen MR) is 95.0 cm³/mol. The number of rotatable bonds is 4. The lowest BCUT2D eigenvalue weighted by atomic mass is 10.1. The van der Waals surface area contributed by atoms with Crippen molar-refractivity contribution in [1.29, 1.82) is 0 Å². The Labute approximate surface area is 145 Å².